The molecule has 1 saturated carbocycles. The summed E-state index contributed by atoms with van der Waals surface area (Å²) in [4.78, 5) is 23.7. The minimum Gasteiger partial charge on any atom is -0.469 e. The Morgan fingerprint density at radius 3 is 2.42 bits per heavy atom. The van der Waals surface area contributed by atoms with Gasteiger partial charge >= 0.3 is 12.1 Å². The smallest absolute Gasteiger partial charge is 0.407 e. The lowest BCUT2D eigenvalue weighted by Crippen LogP contribution is -2.47. The number of esters is 1. The molecule has 5 nitrogen and oxygen atoms in total. The van der Waals surface area contributed by atoms with Gasteiger partial charge in [-0.25, -0.2) is 4.79 Å². The molecule has 0 aliphatic heterocycles. The van der Waals surface area contributed by atoms with Gasteiger partial charge in [0.2, 0.25) is 0 Å². The summed E-state index contributed by atoms with van der Waals surface area (Å²) in [6, 6.07) is -0.225. The monoisotopic (exact) mass is 267 g/mol. The molecule has 0 saturated heterocycles. The highest BCUT2D eigenvalue weighted by molar-refractivity contribution is 5.77. The first kappa shape index (κ1) is 13.9. The van der Waals surface area contributed by atoms with Crippen LogP contribution < -0.4 is 5.32 Å². The van der Waals surface area contributed by atoms with Gasteiger partial charge in [-0.2, -0.15) is 0 Å². The molecule has 0 heterocycles. The second-order valence-electron chi connectivity index (χ2n) is 6.17. The van der Waals surface area contributed by atoms with Crippen molar-refractivity contribution in [3.05, 3.63) is 12.2 Å². The summed E-state index contributed by atoms with van der Waals surface area (Å²) in [5.74, 6) is -0.204. The molecule has 106 valence electrons. The quantitative estimate of drug-likeness (QED) is 0.613. The van der Waals surface area contributed by atoms with Crippen molar-refractivity contribution in [2.45, 2.75) is 38.8 Å². The van der Waals surface area contributed by atoms with E-state index < -0.39 is 11.7 Å². The van der Waals surface area contributed by atoms with Crippen LogP contribution in [-0.2, 0) is 14.3 Å². The first-order valence-electron chi connectivity index (χ1n) is 6.57. The van der Waals surface area contributed by atoms with E-state index in [1.165, 1.54) is 7.11 Å². The summed E-state index contributed by atoms with van der Waals surface area (Å²) >= 11 is 0. The van der Waals surface area contributed by atoms with Crippen molar-refractivity contribution in [3.8, 4) is 0 Å². The number of hydrogen-bond acceptors (Lipinski definition) is 4. The number of carbonyl (C=O) groups excluding carboxylic acids is 2. The van der Waals surface area contributed by atoms with Crippen molar-refractivity contribution in [2.24, 2.45) is 17.8 Å². The number of fused-ring (bicyclic) bond motifs is 2. The van der Waals surface area contributed by atoms with Crippen LogP contribution >= 0.6 is 0 Å². The number of nitrogens with one attached hydrogen (secondary N) is 1. The maximum absolute atomic E-state index is 11.8. The number of methoxy groups -OCH3 is 1. The minimum absolute atomic E-state index is 0.164. The van der Waals surface area contributed by atoms with Gasteiger partial charge in [0.05, 0.1) is 19.1 Å². The van der Waals surface area contributed by atoms with E-state index in [2.05, 4.69) is 11.4 Å². The molecule has 0 aromatic carbocycles. The highest BCUT2D eigenvalue weighted by Crippen LogP contribution is 2.44. The molecule has 1 N–H and O–H groups in total. The zero-order valence-corrected chi connectivity index (χ0v) is 11.8. The van der Waals surface area contributed by atoms with Gasteiger partial charge in [-0.3, -0.25) is 4.79 Å². The Hall–Kier alpha value is -1.52. The maximum Gasteiger partial charge on any atom is 0.407 e. The third-order valence-corrected chi connectivity index (χ3v) is 3.62. The van der Waals surface area contributed by atoms with Gasteiger partial charge in [0.15, 0.2) is 0 Å². The van der Waals surface area contributed by atoms with E-state index in [0.29, 0.717) is 0 Å². The highest BCUT2D eigenvalue weighted by Gasteiger charge is 2.49. The second kappa shape index (κ2) is 4.87. The first-order chi connectivity index (χ1) is 8.81. The zero-order chi connectivity index (χ0) is 14.2. The number of carbonyl (C=O) groups is 2. The Morgan fingerprint density at radius 2 is 1.84 bits per heavy atom. The molecular formula is C14H21NO4. The Bertz CT molecular complexity index is 410. The van der Waals surface area contributed by atoms with Gasteiger partial charge in [-0.15, -0.1) is 0 Å². The molecule has 0 radical (unpaired) electrons. The van der Waals surface area contributed by atoms with Crippen molar-refractivity contribution in [1.82, 2.24) is 5.32 Å². The highest BCUT2D eigenvalue weighted by atomic mass is 16.6. The number of ether oxygens (including phenoxy) is 2. The van der Waals surface area contributed by atoms with E-state index in [9.17, 15) is 9.59 Å². The Morgan fingerprint density at radius 1 is 1.21 bits per heavy atom. The Labute approximate surface area is 113 Å². The van der Waals surface area contributed by atoms with Gasteiger partial charge in [0.1, 0.15) is 5.60 Å². The molecule has 2 aliphatic rings. The molecule has 4 atom stereocenters. The summed E-state index contributed by atoms with van der Waals surface area (Å²) in [7, 11) is 1.38. The van der Waals surface area contributed by atoms with Gasteiger partial charge in [-0.1, -0.05) is 12.2 Å². The summed E-state index contributed by atoms with van der Waals surface area (Å²) in [6.45, 7) is 5.43. The van der Waals surface area contributed by atoms with E-state index in [0.717, 1.165) is 6.42 Å². The molecule has 2 bridgehead atoms. The number of allylic oxidation sites excluding steroid dienone is 1. The van der Waals surface area contributed by atoms with E-state index in [-0.39, 0.29) is 29.8 Å². The Balaban J connectivity index is 2.04. The van der Waals surface area contributed by atoms with Gasteiger partial charge in [0, 0.05) is 0 Å². The summed E-state index contributed by atoms with van der Waals surface area (Å²) in [6.07, 6.45) is 4.51. The normalized spacial score (nSPS) is 32.2. The molecule has 1 amide bonds. The van der Waals surface area contributed by atoms with Crippen LogP contribution in [0, 0.1) is 17.8 Å². The van der Waals surface area contributed by atoms with Crippen LogP contribution in [0.1, 0.15) is 27.2 Å². The Kier molecular flexibility index (Phi) is 3.56. The van der Waals surface area contributed by atoms with Crippen LogP contribution in [0.3, 0.4) is 0 Å². The van der Waals surface area contributed by atoms with E-state index >= 15 is 0 Å². The molecule has 2 aliphatic carbocycles. The van der Waals surface area contributed by atoms with Gasteiger partial charge in [-0.05, 0) is 39.0 Å². The van der Waals surface area contributed by atoms with Crippen molar-refractivity contribution in [3.63, 3.8) is 0 Å². The van der Waals surface area contributed by atoms with Crippen molar-refractivity contribution in [2.75, 3.05) is 7.11 Å². The second-order valence-corrected chi connectivity index (χ2v) is 6.17. The average molecular weight is 267 g/mol. The summed E-state index contributed by atoms with van der Waals surface area (Å²) in [5, 5.41) is 2.82. The average Bonchev–Trinajstić information content (AvgIpc) is 2.85. The SMILES string of the molecule is COC(=O)[C@H]1[C@@H](NC(=O)OC(C)(C)C)[C@H]2C=C[C@@H]1C2. The molecule has 0 spiro atoms. The lowest BCUT2D eigenvalue weighted by molar-refractivity contribution is -0.147. The van der Waals surface area contributed by atoms with Crippen LogP contribution in [0.2, 0.25) is 0 Å². The van der Waals surface area contributed by atoms with Gasteiger partial charge in [0.25, 0.3) is 0 Å². The maximum atomic E-state index is 11.8. The zero-order valence-electron chi connectivity index (χ0n) is 11.8. The molecule has 0 aromatic rings. The molecule has 5 heteroatoms. The largest absolute Gasteiger partial charge is 0.469 e. The number of rotatable bonds is 2. The predicted octanol–water partition coefficient (Wildman–Crippen LogP) is 1.87. The van der Waals surface area contributed by atoms with E-state index in [1.54, 1.807) is 0 Å². The van der Waals surface area contributed by atoms with Crippen LogP contribution in [-0.4, -0.2) is 30.8 Å². The van der Waals surface area contributed by atoms with Crippen molar-refractivity contribution < 1.29 is 19.1 Å². The fourth-order valence-corrected chi connectivity index (χ4v) is 2.92. The molecule has 0 unspecified atom stereocenters. The fraction of sp³-hybridized carbons (Fsp3) is 0.714. The standard InChI is InChI=1S/C14H21NO4/c1-14(2,3)19-13(17)15-11-9-6-5-8(7-9)10(11)12(16)18-4/h5-6,8-11H,7H2,1-4H3,(H,15,17)/t8-,9+,10-,11+/m1/s1. The fourth-order valence-electron chi connectivity index (χ4n) is 2.92. The summed E-state index contributed by atoms with van der Waals surface area (Å²) < 4.78 is 10.1. The lowest BCUT2D eigenvalue weighted by atomic mass is 9.89. The van der Waals surface area contributed by atoms with Crippen molar-refractivity contribution in [1.29, 1.82) is 0 Å². The number of amides is 1. The topological polar surface area (TPSA) is 64.6 Å². The first-order valence-corrected chi connectivity index (χ1v) is 6.57. The molecule has 2 rings (SSSR count). The van der Waals surface area contributed by atoms with Crippen LogP contribution in [0.15, 0.2) is 12.2 Å². The van der Waals surface area contributed by atoms with Crippen LogP contribution in [0.4, 0.5) is 4.79 Å². The van der Waals surface area contributed by atoms with Crippen molar-refractivity contribution >= 4 is 12.1 Å². The molecular weight excluding hydrogens is 246 g/mol. The third kappa shape index (κ3) is 2.91. The molecule has 0 aromatic heterocycles. The molecule has 19 heavy (non-hydrogen) atoms. The predicted molar refractivity (Wildman–Crippen MR) is 69.4 cm³/mol. The van der Waals surface area contributed by atoms with E-state index in [4.69, 9.17) is 9.47 Å². The van der Waals surface area contributed by atoms with E-state index in [1.807, 2.05) is 26.8 Å². The van der Waals surface area contributed by atoms with Crippen LogP contribution in [0.25, 0.3) is 0 Å². The summed E-state index contributed by atoms with van der Waals surface area (Å²) in [5.41, 5.74) is -0.543. The molecule has 1 fully saturated rings. The minimum atomic E-state index is -0.543. The van der Waals surface area contributed by atoms with Gasteiger partial charge < -0.3 is 14.8 Å². The lowest BCUT2D eigenvalue weighted by Gasteiger charge is -2.28. The number of alkyl carbamates (subject to hydrolysis) is 1. The number of hydrogen-bond donors (Lipinski definition) is 1. The van der Waals surface area contributed by atoms with Crippen LogP contribution in [0.5, 0.6) is 0 Å². The third-order valence-electron chi connectivity index (χ3n) is 3.62.